The van der Waals surface area contributed by atoms with Crippen molar-refractivity contribution < 1.29 is 14.3 Å². The molecule has 0 bridgehead atoms. The van der Waals surface area contributed by atoms with Crippen molar-refractivity contribution >= 4 is 23.5 Å². The molecule has 0 aliphatic heterocycles. The van der Waals surface area contributed by atoms with Crippen molar-refractivity contribution in [3.63, 3.8) is 0 Å². The van der Waals surface area contributed by atoms with Gasteiger partial charge >= 0.3 is 5.97 Å². The van der Waals surface area contributed by atoms with Crippen LogP contribution in [0.2, 0.25) is 0 Å². The third kappa shape index (κ3) is 5.04. The predicted molar refractivity (Wildman–Crippen MR) is 69.3 cm³/mol. The second-order valence-corrected chi connectivity index (χ2v) is 4.78. The molecule has 0 aliphatic carbocycles. The van der Waals surface area contributed by atoms with Crippen LogP contribution < -0.4 is 0 Å². The normalized spacial score (nSPS) is 9.94. The monoisotopic (exact) mass is 252 g/mol. The van der Waals surface area contributed by atoms with E-state index in [1.54, 1.807) is 42.1 Å². The van der Waals surface area contributed by atoms with Crippen molar-refractivity contribution in [1.82, 2.24) is 0 Å². The van der Waals surface area contributed by atoms with Crippen molar-refractivity contribution in [2.24, 2.45) is 0 Å². The zero-order chi connectivity index (χ0) is 12.5. The number of ether oxygens (including phenoxy) is 1. The molecule has 3 nitrogen and oxygen atoms in total. The zero-order valence-electron chi connectivity index (χ0n) is 9.85. The number of esters is 1. The lowest BCUT2D eigenvalue weighted by Crippen LogP contribution is -2.18. The van der Waals surface area contributed by atoms with Crippen molar-refractivity contribution in [3.8, 4) is 0 Å². The van der Waals surface area contributed by atoms with Crippen LogP contribution in [-0.4, -0.2) is 29.9 Å². The minimum absolute atomic E-state index is 0.310. The summed E-state index contributed by atoms with van der Waals surface area (Å²) in [4.78, 5) is 23.0. The first-order valence-corrected chi connectivity index (χ1v) is 6.75. The quantitative estimate of drug-likeness (QED) is 0.324. The molecule has 1 aromatic carbocycles. The molecule has 1 aromatic rings. The Morgan fingerprint density at radius 2 is 1.94 bits per heavy atom. The Morgan fingerprint density at radius 1 is 1.24 bits per heavy atom. The first kappa shape index (κ1) is 13.8. The highest BCUT2D eigenvalue weighted by Crippen LogP contribution is 2.03. The summed E-state index contributed by atoms with van der Waals surface area (Å²) < 4.78 is 4.90. The number of thioether (sulfide) groups is 1. The van der Waals surface area contributed by atoms with Gasteiger partial charge in [-0.05, 0) is 17.9 Å². The Balaban J connectivity index is 2.31. The maximum atomic E-state index is 11.6. The largest absolute Gasteiger partial charge is 0.460 e. The Morgan fingerprint density at radius 3 is 2.59 bits per heavy atom. The molecule has 0 atom stereocenters. The smallest absolute Gasteiger partial charge is 0.379 e. The molecular formula is C13H16O3S. The van der Waals surface area contributed by atoms with E-state index in [2.05, 4.69) is 6.92 Å². The molecule has 92 valence electrons. The minimum Gasteiger partial charge on any atom is -0.460 e. The van der Waals surface area contributed by atoms with Crippen LogP contribution in [0.25, 0.3) is 0 Å². The molecule has 1 rings (SSSR count). The average molecular weight is 252 g/mol. The summed E-state index contributed by atoms with van der Waals surface area (Å²) in [5.41, 5.74) is 0.375. The van der Waals surface area contributed by atoms with Crippen LogP contribution >= 0.6 is 11.8 Å². The van der Waals surface area contributed by atoms with Crippen molar-refractivity contribution in [2.75, 3.05) is 18.1 Å². The molecular weight excluding hydrogens is 236 g/mol. The second-order valence-electron chi connectivity index (χ2n) is 3.38. The van der Waals surface area contributed by atoms with E-state index in [0.29, 0.717) is 12.2 Å². The van der Waals surface area contributed by atoms with E-state index in [0.717, 1.165) is 17.9 Å². The van der Waals surface area contributed by atoms with E-state index in [9.17, 15) is 9.59 Å². The third-order valence-corrected chi connectivity index (χ3v) is 3.08. The van der Waals surface area contributed by atoms with Crippen molar-refractivity contribution in [3.05, 3.63) is 35.9 Å². The lowest BCUT2D eigenvalue weighted by molar-refractivity contribution is -0.138. The highest BCUT2D eigenvalue weighted by Gasteiger charge is 2.16. The molecule has 0 spiro atoms. The number of hydrogen-bond donors (Lipinski definition) is 0. The third-order valence-electron chi connectivity index (χ3n) is 2.09. The first-order chi connectivity index (χ1) is 8.25. The molecule has 0 unspecified atom stereocenters. The van der Waals surface area contributed by atoms with Gasteiger partial charge in [0.25, 0.3) is 5.78 Å². The SMILES string of the molecule is CCSCCCOC(=O)C(=O)c1ccccc1. The highest BCUT2D eigenvalue weighted by atomic mass is 32.2. The fraction of sp³-hybridized carbons (Fsp3) is 0.385. The van der Waals surface area contributed by atoms with E-state index < -0.39 is 11.8 Å². The molecule has 0 saturated carbocycles. The topological polar surface area (TPSA) is 43.4 Å². The maximum absolute atomic E-state index is 11.6. The molecule has 0 N–H and O–H groups in total. The van der Waals surface area contributed by atoms with Gasteiger partial charge < -0.3 is 4.74 Å². The summed E-state index contributed by atoms with van der Waals surface area (Å²) in [5, 5.41) is 0. The van der Waals surface area contributed by atoms with Gasteiger partial charge in [-0.25, -0.2) is 4.79 Å². The number of rotatable bonds is 7. The van der Waals surface area contributed by atoms with Crippen LogP contribution in [0, 0.1) is 0 Å². The van der Waals surface area contributed by atoms with Gasteiger partial charge in [0.2, 0.25) is 0 Å². The lowest BCUT2D eigenvalue weighted by Gasteiger charge is -2.03. The van der Waals surface area contributed by atoms with Gasteiger partial charge in [0.1, 0.15) is 0 Å². The summed E-state index contributed by atoms with van der Waals surface area (Å²) in [6.07, 6.45) is 0.784. The number of hydrogen-bond acceptors (Lipinski definition) is 4. The second kappa shape index (κ2) is 7.90. The van der Waals surface area contributed by atoms with Gasteiger partial charge in [0.15, 0.2) is 0 Å². The lowest BCUT2D eigenvalue weighted by atomic mass is 10.1. The first-order valence-electron chi connectivity index (χ1n) is 5.60. The van der Waals surface area contributed by atoms with Gasteiger partial charge in [0.05, 0.1) is 6.61 Å². The zero-order valence-corrected chi connectivity index (χ0v) is 10.7. The van der Waals surface area contributed by atoms with Crippen molar-refractivity contribution in [2.45, 2.75) is 13.3 Å². The van der Waals surface area contributed by atoms with E-state index in [4.69, 9.17) is 4.74 Å². The van der Waals surface area contributed by atoms with E-state index in [1.807, 2.05) is 0 Å². The maximum Gasteiger partial charge on any atom is 0.379 e. The summed E-state index contributed by atoms with van der Waals surface area (Å²) >= 11 is 1.79. The fourth-order valence-corrected chi connectivity index (χ4v) is 1.85. The Hall–Kier alpha value is -1.29. The van der Waals surface area contributed by atoms with Gasteiger partial charge in [-0.3, -0.25) is 4.79 Å². The molecule has 0 saturated heterocycles. The predicted octanol–water partition coefficient (Wildman–Crippen LogP) is 2.56. The molecule has 0 radical (unpaired) electrons. The minimum atomic E-state index is -0.766. The molecule has 17 heavy (non-hydrogen) atoms. The number of ketones is 1. The number of carbonyl (C=O) groups excluding carboxylic acids is 2. The van der Waals surface area contributed by atoms with Gasteiger partial charge in [-0.15, -0.1) is 0 Å². The molecule has 0 amide bonds. The summed E-state index contributed by atoms with van der Waals surface area (Å²) in [7, 11) is 0. The molecule has 4 heteroatoms. The average Bonchev–Trinajstić information content (AvgIpc) is 2.38. The Kier molecular flexibility index (Phi) is 6.40. The van der Waals surface area contributed by atoms with Crippen LogP contribution in [0.15, 0.2) is 30.3 Å². The fourth-order valence-electron chi connectivity index (χ4n) is 1.24. The van der Waals surface area contributed by atoms with Crippen LogP contribution in [0.1, 0.15) is 23.7 Å². The van der Waals surface area contributed by atoms with E-state index >= 15 is 0 Å². The standard InChI is InChI=1S/C13H16O3S/c1-2-17-10-6-9-16-13(15)12(14)11-7-4-3-5-8-11/h3-5,7-8H,2,6,9-10H2,1H3. The van der Waals surface area contributed by atoms with Gasteiger partial charge in [-0.1, -0.05) is 37.3 Å². The van der Waals surface area contributed by atoms with E-state index in [-0.39, 0.29) is 0 Å². The molecule has 0 fully saturated rings. The Bertz CT molecular complexity index is 362. The number of Topliss-reactive ketones (excluding diaryl/α,β-unsaturated/α-hetero) is 1. The number of carbonyl (C=O) groups is 2. The van der Waals surface area contributed by atoms with Crippen molar-refractivity contribution in [1.29, 1.82) is 0 Å². The number of benzene rings is 1. The highest BCUT2D eigenvalue weighted by molar-refractivity contribution is 7.99. The van der Waals surface area contributed by atoms with Crippen LogP contribution in [0.5, 0.6) is 0 Å². The molecule has 0 aliphatic rings. The van der Waals surface area contributed by atoms with E-state index in [1.165, 1.54) is 0 Å². The van der Waals surface area contributed by atoms with Crippen LogP contribution in [0.3, 0.4) is 0 Å². The summed E-state index contributed by atoms with van der Waals surface area (Å²) in [5.74, 6) is 0.659. The van der Waals surface area contributed by atoms with Crippen LogP contribution in [-0.2, 0) is 9.53 Å². The molecule has 0 aromatic heterocycles. The Labute approximate surface area is 106 Å². The summed E-state index contributed by atoms with van der Waals surface area (Å²) in [6.45, 7) is 2.39. The van der Waals surface area contributed by atoms with Gasteiger partial charge in [0, 0.05) is 5.56 Å². The van der Waals surface area contributed by atoms with Crippen LogP contribution in [0.4, 0.5) is 0 Å². The van der Waals surface area contributed by atoms with Gasteiger partial charge in [-0.2, -0.15) is 11.8 Å². The summed E-state index contributed by atoms with van der Waals surface area (Å²) in [6, 6.07) is 8.45. The molecule has 0 heterocycles.